The second kappa shape index (κ2) is 4.38. The zero-order valence-corrected chi connectivity index (χ0v) is 9.39. The van der Waals surface area contributed by atoms with Gasteiger partial charge in [-0.3, -0.25) is 4.79 Å². The van der Waals surface area contributed by atoms with Gasteiger partial charge in [-0.25, -0.2) is 4.98 Å². The fourth-order valence-corrected chi connectivity index (χ4v) is 1.96. The molecule has 1 saturated heterocycles. The minimum atomic E-state index is 0.688. The number of carbonyl (C=O) groups is 1. The maximum Gasteiger partial charge on any atom is 0.209 e. The van der Waals surface area contributed by atoms with Crippen LogP contribution in [-0.4, -0.2) is 42.5 Å². The van der Waals surface area contributed by atoms with Crippen molar-refractivity contribution in [3.05, 3.63) is 17.8 Å². The largest absolute Gasteiger partial charge is 0.397 e. The number of carbonyl (C=O) groups excluding carboxylic acids is 1. The molecule has 16 heavy (non-hydrogen) atoms. The standard InChI is InChI=1S/C11H16N4O/c1-9-6-10(12)7-13-11(9)15-4-2-14(8-16)3-5-15/h6-8H,2-5,12H2,1H3. The molecule has 2 heterocycles. The zero-order valence-electron chi connectivity index (χ0n) is 9.39. The molecule has 5 nitrogen and oxygen atoms in total. The van der Waals surface area contributed by atoms with E-state index in [9.17, 15) is 4.79 Å². The van der Waals surface area contributed by atoms with Crippen molar-refractivity contribution in [2.45, 2.75) is 6.92 Å². The van der Waals surface area contributed by atoms with Gasteiger partial charge in [0.1, 0.15) is 5.82 Å². The van der Waals surface area contributed by atoms with Gasteiger partial charge >= 0.3 is 0 Å². The lowest BCUT2D eigenvalue weighted by molar-refractivity contribution is -0.118. The highest BCUT2D eigenvalue weighted by Gasteiger charge is 2.17. The molecule has 0 aromatic carbocycles. The summed E-state index contributed by atoms with van der Waals surface area (Å²) < 4.78 is 0. The number of hydrogen-bond donors (Lipinski definition) is 1. The first kappa shape index (κ1) is 10.7. The van der Waals surface area contributed by atoms with E-state index in [1.54, 1.807) is 11.1 Å². The molecule has 2 rings (SSSR count). The Labute approximate surface area is 94.9 Å². The Morgan fingerprint density at radius 3 is 2.62 bits per heavy atom. The summed E-state index contributed by atoms with van der Waals surface area (Å²) in [7, 11) is 0. The van der Waals surface area contributed by atoms with E-state index in [4.69, 9.17) is 5.73 Å². The van der Waals surface area contributed by atoms with Crippen LogP contribution in [0, 0.1) is 6.92 Å². The van der Waals surface area contributed by atoms with Crippen molar-refractivity contribution in [2.24, 2.45) is 0 Å². The Hall–Kier alpha value is -1.78. The molecule has 5 heteroatoms. The lowest BCUT2D eigenvalue weighted by atomic mass is 10.2. The van der Waals surface area contributed by atoms with Crippen LogP contribution in [0.4, 0.5) is 11.5 Å². The molecule has 1 amide bonds. The molecular weight excluding hydrogens is 204 g/mol. The average molecular weight is 220 g/mol. The van der Waals surface area contributed by atoms with E-state index in [0.717, 1.165) is 44.0 Å². The summed E-state index contributed by atoms with van der Waals surface area (Å²) in [6.07, 6.45) is 2.58. The number of nitrogen functional groups attached to an aromatic ring is 1. The molecule has 1 aliphatic heterocycles. The fourth-order valence-electron chi connectivity index (χ4n) is 1.96. The SMILES string of the molecule is Cc1cc(N)cnc1N1CCN(C=O)CC1. The lowest BCUT2D eigenvalue weighted by Gasteiger charge is -2.34. The van der Waals surface area contributed by atoms with Crippen molar-refractivity contribution in [1.29, 1.82) is 0 Å². The number of nitrogens with zero attached hydrogens (tertiary/aromatic N) is 3. The van der Waals surface area contributed by atoms with Gasteiger partial charge in [-0.2, -0.15) is 0 Å². The van der Waals surface area contributed by atoms with Gasteiger partial charge in [0.15, 0.2) is 0 Å². The van der Waals surface area contributed by atoms with Crippen molar-refractivity contribution in [3.8, 4) is 0 Å². The van der Waals surface area contributed by atoms with Crippen LogP contribution in [0.5, 0.6) is 0 Å². The first-order valence-electron chi connectivity index (χ1n) is 5.37. The molecule has 1 aromatic rings. The smallest absolute Gasteiger partial charge is 0.209 e. The summed E-state index contributed by atoms with van der Waals surface area (Å²) in [5, 5.41) is 0. The molecular formula is C11H16N4O. The minimum absolute atomic E-state index is 0.688. The number of piperazine rings is 1. The molecule has 0 aliphatic carbocycles. The first-order chi connectivity index (χ1) is 7.70. The van der Waals surface area contributed by atoms with Gasteiger partial charge in [0.2, 0.25) is 6.41 Å². The summed E-state index contributed by atoms with van der Waals surface area (Å²) in [6, 6.07) is 1.93. The number of nitrogens with two attached hydrogens (primary N) is 1. The van der Waals surface area contributed by atoms with E-state index in [0.29, 0.717) is 5.69 Å². The Balaban J connectivity index is 2.11. The number of anilines is 2. The van der Waals surface area contributed by atoms with E-state index < -0.39 is 0 Å². The topological polar surface area (TPSA) is 62.5 Å². The third kappa shape index (κ3) is 2.08. The monoisotopic (exact) mass is 220 g/mol. The molecule has 0 spiro atoms. The summed E-state index contributed by atoms with van der Waals surface area (Å²) >= 11 is 0. The van der Waals surface area contributed by atoms with Gasteiger partial charge in [-0.1, -0.05) is 0 Å². The fraction of sp³-hybridized carbons (Fsp3) is 0.455. The van der Waals surface area contributed by atoms with Crippen molar-refractivity contribution in [1.82, 2.24) is 9.88 Å². The van der Waals surface area contributed by atoms with Crippen LogP contribution in [0.3, 0.4) is 0 Å². The Morgan fingerprint density at radius 1 is 1.38 bits per heavy atom. The molecule has 0 unspecified atom stereocenters. The van der Waals surface area contributed by atoms with Crippen LogP contribution in [-0.2, 0) is 4.79 Å². The van der Waals surface area contributed by atoms with Gasteiger partial charge in [-0.15, -0.1) is 0 Å². The maximum atomic E-state index is 10.6. The van der Waals surface area contributed by atoms with Crippen molar-refractivity contribution >= 4 is 17.9 Å². The quantitative estimate of drug-likeness (QED) is 0.726. The van der Waals surface area contributed by atoms with E-state index in [-0.39, 0.29) is 0 Å². The van der Waals surface area contributed by atoms with Gasteiger partial charge in [0.25, 0.3) is 0 Å². The van der Waals surface area contributed by atoms with Crippen LogP contribution in [0.2, 0.25) is 0 Å². The molecule has 2 N–H and O–H groups in total. The second-order valence-corrected chi connectivity index (χ2v) is 4.04. The summed E-state index contributed by atoms with van der Waals surface area (Å²) in [5.41, 5.74) is 7.44. The predicted octanol–water partition coefficient (Wildman–Crippen LogP) is 0.251. The first-order valence-corrected chi connectivity index (χ1v) is 5.37. The number of hydrogen-bond acceptors (Lipinski definition) is 4. The van der Waals surface area contributed by atoms with Crippen LogP contribution in [0.15, 0.2) is 12.3 Å². The van der Waals surface area contributed by atoms with Gasteiger partial charge in [0.05, 0.1) is 11.9 Å². The van der Waals surface area contributed by atoms with Crippen molar-refractivity contribution < 1.29 is 4.79 Å². The minimum Gasteiger partial charge on any atom is -0.397 e. The van der Waals surface area contributed by atoms with Crippen molar-refractivity contribution in [2.75, 3.05) is 36.8 Å². The summed E-state index contributed by atoms with van der Waals surface area (Å²) in [4.78, 5) is 18.9. The second-order valence-electron chi connectivity index (χ2n) is 4.04. The van der Waals surface area contributed by atoms with Gasteiger partial charge in [0, 0.05) is 26.2 Å². The summed E-state index contributed by atoms with van der Waals surface area (Å²) in [5.74, 6) is 0.972. The third-order valence-corrected chi connectivity index (χ3v) is 2.83. The van der Waals surface area contributed by atoms with Crippen LogP contribution >= 0.6 is 0 Å². The number of pyridine rings is 1. The highest BCUT2D eigenvalue weighted by atomic mass is 16.1. The molecule has 0 atom stereocenters. The maximum absolute atomic E-state index is 10.6. The molecule has 1 fully saturated rings. The number of amides is 1. The molecule has 86 valence electrons. The predicted molar refractivity (Wildman–Crippen MR) is 63.2 cm³/mol. The Bertz CT molecular complexity index is 386. The zero-order chi connectivity index (χ0) is 11.5. The molecule has 0 saturated carbocycles. The number of aromatic nitrogens is 1. The molecule has 0 bridgehead atoms. The van der Waals surface area contributed by atoms with E-state index in [2.05, 4.69) is 9.88 Å². The van der Waals surface area contributed by atoms with E-state index in [1.807, 2.05) is 13.0 Å². The van der Waals surface area contributed by atoms with Gasteiger partial charge < -0.3 is 15.5 Å². The average Bonchev–Trinajstić information content (AvgIpc) is 2.29. The number of rotatable bonds is 2. The van der Waals surface area contributed by atoms with Gasteiger partial charge in [-0.05, 0) is 18.6 Å². The van der Waals surface area contributed by atoms with E-state index >= 15 is 0 Å². The molecule has 1 aromatic heterocycles. The summed E-state index contributed by atoms with van der Waals surface area (Å²) in [6.45, 7) is 5.18. The highest BCUT2D eigenvalue weighted by molar-refractivity contribution is 5.54. The van der Waals surface area contributed by atoms with Crippen molar-refractivity contribution in [3.63, 3.8) is 0 Å². The van der Waals surface area contributed by atoms with E-state index in [1.165, 1.54) is 0 Å². The Morgan fingerprint density at radius 2 is 2.06 bits per heavy atom. The normalized spacial score (nSPS) is 16.3. The van der Waals surface area contributed by atoms with Crippen LogP contribution in [0.1, 0.15) is 5.56 Å². The number of aryl methyl sites for hydroxylation is 1. The van der Waals surface area contributed by atoms with Crippen LogP contribution in [0.25, 0.3) is 0 Å². The van der Waals surface area contributed by atoms with Crippen LogP contribution < -0.4 is 10.6 Å². The molecule has 1 aliphatic rings. The molecule has 0 radical (unpaired) electrons. The lowest BCUT2D eigenvalue weighted by Crippen LogP contribution is -2.46. The Kier molecular flexibility index (Phi) is 2.94. The third-order valence-electron chi connectivity index (χ3n) is 2.83. The highest BCUT2D eigenvalue weighted by Crippen LogP contribution is 2.19.